The van der Waals surface area contributed by atoms with E-state index in [9.17, 15) is 14.7 Å². The van der Waals surface area contributed by atoms with Crippen LogP contribution >= 0.6 is 23.2 Å². The minimum absolute atomic E-state index is 0.0641. The molecule has 1 aromatic heterocycles. The fourth-order valence-electron chi connectivity index (χ4n) is 2.93. The fourth-order valence-corrected chi connectivity index (χ4v) is 3.46. The van der Waals surface area contributed by atoms with E-state index in [1.165, 1.54) is 17.0 Å². The van der Waals surface area contributed by atoms with Crippen molar-refractivity contribution in [1.82, 2.24) is 9.88 Å². The maximum absolute atomic E-state index is 12.2. The molecule has 9 heteroatoms. The van der Waals surface area contributed by atoms with Crippen molar-refractivity contribution in [1.29, 1.82) is 0 Å². The zero-order valence-corrected chi connectivity index (χ0v) is 19.0. The number of halogens is 2. The van der Waals surface area contributed by atoms with Gasteiger partial charge in [-0.1, -0.05) is 23.2 Å². The lowest BCUT2D eigenvalue weighted by atomic mass is 10.1. The first-order valence-electron chi connectivity index (χ1n) is 9.50. The number of hydrogen-bond acceptors (Lipinski definition) is 5. The third-order valence-corrected chi connectivity index (χ3v) is 4.79. The second kappa shape index (κ2) is 8.77. The third-order valence-electron chi connectivity index (χ3n) is 4.35. The highest BCUT2D eigenvalue weighted by Gasteiger charge is 2.21. The van der Waals surface area contributed by atoms with Crippen molar-refractivity contribution in [2.45, 2.75) is 32.8 Å². The first-order valence-corrected chi connectivity index (χ1v) is 10.3. The molecule has 0 fully saturated rings. The van der Waals surface area contributed by atoms with Gasteiger partial charge in [-0.25, -0.2) is 14.6 Å². The highest BCUT2D eigenvalue weighted by atomic mass is 35.5. The number of rotatable bonds is 5. The van der Waals surface area contributed by atoms with Crippen LogP contribution in [0.25, 0.3) is 22.6 Å². The van der Waals surface area contributed by atoms with Crippen LogP contribution in [0.1, 0.15) is 36.7 Å². The van der Waals surface area contributed by atoms with Gasteiger partial charge in [0.25, 0.3) is 0 Å². The van der Waals surface area contributed by atoms with Gasteiger partial charge in [-0.15, -0.1) is 0 Å². The monoisotopic (exact) mass is 464 g/mol. The Morgan fingerprint density at radius 2 is 1.77 bits per heavy atom. The van der Waals surface area contributed by atoms with Crippen LogP contribution in [0.2, 0.25) is 10.0 Å². The van der Waals surface area contributed by atoms with Crippen molar-refractivity contribution in [2.75, 3.05) is 13.6 Å². The van der Waals surface area contributed by atoms with E-state index < -0.39 is 17.7 Å². The van der Waals surface area contributed by atoms with E-state index in [2.05, 4.69) is 4.98 Å². The molecule has 1 amide bonds. The molecule has 1 N–H and O–H groups in total. The Morgan fingerprint density at radius 1 is 1.13 bits per heavy atom. The molecule has 0 radical (unpaired) electrons. The molecule has 1 heterocycles. The third kappa shape index (κ3) is 5.68. The van der Waals surface area contributed by atoms with E-state index in [4.69, 9.17) is 32.4 Å². The highest BCUT2D eigenvalue weighted by Crippen LogP contribution is 2.31. The Morgan fingerprint density at radius 3 is 2.35 bits per heavy atom. The molecule has 0 spiro atoms. The quantitative estimate of drug-likeness (QED) is 0.504. The molecule has 31 heavy (non-hydrogen) atoms. The van der Waals surface area contributed by atoms with Crippen molar-refractivity contribution in [2.24, 2.45) is 0 Å². The Balaban J connectivity index is 1.95. The summed E-state index contributed by atoms with van der Waals surface area (Å²) in [6, 6.07) is 7.86. The molecule has 0 saturated carbocycles. The molecule has 0 aliphatic rings. The summed E-state index contributed by atoms with van der Waals surface area (Å²) in [6.07, 6.45) is -0.108. The molecule has 2 aromatic carbocycles. The highest BCUT2D eigenvalue weighted by molar-refractivity contribution is 6.35. The summed E-state index contributed by atoms with van der Waals surface area (Å²) in [5, 5.41) is 10.3. The average Bonchev–Trinajstić information content (AvgIpc) is 3.07. The molecule has 7 nitrogen and oxygen atoms in total. The molecule has 3 aromatic rings. The molecule has 0 aliphatic carbocycles. The number of aromatic carboxylic acids is 1. The van der Waals surface area contributed by atoms with Gasteiger partial charge in [0.15, 0.2) is 5.58 Å². The Hall–Kier alpha value is -2.77. The summed E-state index contributed by atoms with van der Waals surface area (Å²) < 4.78 is 11.2. The number of carboxylic acid groups (broad SMARTS) is 1. The Bertz CT molecular complexity index is 1130. The van der Waals surface area contributed by atoms with Crippen LogP contribution < -0.4 is 0 Å². The predicted molar refractivity (Wildman–Crippen MR) is 119 cm³/mol. The molecule has 0 saturated heterocycles. The second-order valence-corrected chi connectivity index (χ2v) is 8.99. The van der Waals surface area contributed by atoms with Crippen molar-refractivity contribution >= 4 is 46.4 Å². The first kappa shape index (κ1) is 22.9. The maximum Gasteiger partial charge on any atom is 0.410 e. The van der Waals surface area contributed by atoms with Gasteiger partial charge in [0.2, 0.25) is 5.89 Å². The lowest BCUT2D eigenvalue weighted by Gasteiger charge is -2.24. The molecule has 0 unspecified atom stereocenters. The lowest BCUT2D eigenvalue weighted by molar-refractivity contribution is 0.0300. The minimum Gasteiger partial charge on any atom is -0.478 e. The number of amides is 1. The Kier molecular flexibility index (Phi) is 6.48. The van der Waals surface area contributed by atoms with Crippen molar-refractivity contribution in [3.8, 4) is 11.5 Å². The molecular weight excluding hydrogens is 443 g/mol. The van der Waals surface area contributed by atoms with E-state index in [0.29, 0.717) is 45.2 Å². The lowest BCUT2D eigenvalue weighted by Crippen LogP contribution is -2.35. The van der Waals surface area contributed by atoms with Gasteiger partial charge < -0.3 is 19.2 Å². The van der Waals surface area contributed by atoms with Gasteiger partial charge in [-0.05, 0) is 63.1 Å². The van der Waals surface area contributed by atoms with Crippen LogP contribution in [0, 0.1) is 0 Å². The van der Waals surface area contributed by atoms with Gasteiger partial charge in [0, 0.05) is 29.2 Å². The zero-order chi connectivity index (χ0) is 22.9. The summed E-state index contributed by atoms with van der Waals surface area (Å²) in [7, 11) is 1.62. The van der Waals surface area contributed by atoms with Crippen LogP contribution in [0.15, 0.2) is 34.7 Å². The van der Waals surface area contributed by atoms with Crippen LogP contribution in [0.5, 0.6) is 0 Å². The van der Waals surface area contributed by atoms with Crippen LogP contribution in [-0.4, -0.2) is 46.2 Å². The number of carbonyl (C=O) groups is 2. The van der Waals surface area contributed by atoms with Gasteiger partial charge in [0.1, 0.15) is 11.1 Å². The number of likely N-dealkylation sites (N-methyl/N-ethyl adjacent to an activating group) is 1. The predicted octanol–water partition coefficient (Wildman–Crippen LogP) is 5.91. The van der Waals surface area contributed by atoms with E-state index in [1.807, 2.05) is 0 Å². The van der Waals surface area contributed by atoms with E-state index >= 15 is 0 Å². The summed E-state index contributed by atoms with van der Waals surface area (Å²) in [5.74, 6) is -0.823. The maximum atomic E-state index is 12.2. The van der Waals surface area contributed by atoms with Gasteiger partial charge >= 0.3 is 12.1 Å². The van der Waals surface area contributed by atoms with Crippen LogP contribution in [-0.2, 0) is 11.2 Å². The van der Waals surface area contributed by atoms with Crippen molar-refractivity contribution in [3.05, 3.63) is 51.5 Å². The normalized spacial score (nSPS) is 11.5. The standard InChI is InChI=1S/C22H22Cl2N2O5/c1-22(2,3)31-21(29)26(4)6-5-12-7-14(20(27)28)10-17-18(12)25-19(30-17)13-8-15(23)11-16(24)9-13/h7-11H,5-6H2,1-4H3,(H,27,28). The number of aromatic nitrogens is 1. The number of benzene rings is 2. The molecule has 0 atom stereocenters. The summed E-state index contributed by atoms with van der Waals surface area (Å²) in [5.41, 5.74) is 1.49. The average molecular weight is 465 g/mol. The van der Waals surface area contributed by atoms with Crippen molar-refractivity contribution in [3.63, 3.8) is 0 Å². The second-order valence-electron chi connectivity index (χ2n) is 8.12. The number of ether oxygens (including phenoxy) is 1. The molecule has 0 aliphatic heterocycles. The first-order chi connectivity index (χ1) is 14.4. The van der Waals surface area contributed by atoms with E-state index in [1.54, 1.807) is 46.0 Å². The minimum atomic E-state index is -1.09. The zero-order valence-electron chi connectivity index (χ0n) is 17.5. The number of oxazole rings is 1. The molecular formula is C22H22Cl2N2O5. The number of hydrogen-bond donors (Lipinski definition) is 1. The summed E-state index contributed by atoms with van der Waals surface area (Å²) >= 11 is 12.2. The summed E-state index contributed by atoms with van der Waals surface area (Å²) in [6.45, 7) is 5.67. The van der Waals surface area contributed by atoms with Gasteiger partial charge in [-0.2, -0.15) is 0 Å². The molecule has 3 rings (SSSR count). The fraction of sp³-hybridized carbons (Fsp3) is 0.318. The Labute approximate surface area is 189 Å². The smallest absolute Gasteiger partial charge is 0.410 e. The molecule has 0 bridgehead atoms. The van der Waals surface area contributed by atoms with Crippen LogP contribution in [0.4, 0.5) is 4.79 Å². The SMILES string of the molecule is CN(CCc1cc(C(=O)O)cc2oc(-c3cc(Cl)cc(Cl)c3)nc12)C(=O)OC(C)(C)C. The topological polar surface area (TPSA) is 92.9 Å². The number of carbonyl (C=O) groups excluding carboxylic acids is 1. The van der Waals surface area contributed by atoms with Gasteiger partial charge in [0.05, 0.1) is 5.56 Å². The van der Waals surface area contributed by atoms with Crippen LogP contribution in [0.3, 0.4) is 0 Å². The number of nitrogens with zero attached hydrogens (tertiary/aromatic N) is 2. The van der Waals surface area contributed by atoms with Crippen molar-refractivity contribution < 1.29 is 23.8 Å². The van der Waals surface area contributed by atoms with E-state index in [0.717, 1.165) is 0 Å². The number of carboxylic acids is 1. The summed E-state index contributed by atoms with van der Waals surface area (Å²) in [4.78, 5) is 29.8. The van der Waals surface area contributed by atoms with Gasteiger partial charge in [-0.3, -0.25) is 0 Å². The molecule has 164 valence electrons. The largest absolute Gasteiger partial charge is 0.478 e. The number of fused-ring (bicyclic) bond motifs is 1. The van der Waals surface area contributed by atoms with E-state index in [-0.39, 0.29) is 11.5 Å².